The topological polar surface area (TPSA) is 25.2 Å². The molecular formula is C19H29NO. The quantitative estimate of drug-likeness (QED) is 0.863. The zero-order valence-electron chi connectivity index (χ0n) is 13.7. The Morgan fingerprint density at radius 1 is 1.14 bits per heavy atom. The first-order valence-corrected chi connectivity index (χ1v) is 8.90. The first-order valence-electron chi connectivity index (χ1n) is 8.90. The highest BCUT2D eigenvalue weighted by atomic mass is 16.3. The zero-order chi connectivity index (χ0) is 14.6. The van der Waals surface area contributed by atoms with Crippen LogP contribution in [0.5, 0.6) is 0 Å². The molecule has 5 rings (SSSR count). The first kappa shape index (κ1) is 13.9. The Hall–Kier alpha value is -0.760. The average molecular weight is 287 g/mol. The van der Waals surface area contributed by atoms with Crippen molar-refractivity contribution in [1.29, 1.82) is 0 Å². The third-order valence-corrected chi connectivity index (χ3v) is 6.50. The predicted molar refractivity (Wildman–Crippen MR) is 85.2 cm³/mol. The Kier molecular flexibility index (Phi) is 3.22. The molecule has 2 heteroatoms. The van der Waals surface area contributed by atoms with Gasteiger partial charge in [0.05, 0.1) is 0 Å². The lowest BCUT2D eigenvalue weighted by atomic mass is 9.47. The van der Waals surface area contributed by atoms with Gasteiger partial charge < -0.3 is 9.73 Å². The van der Waals surface area contributed by atoms with Crippen LogP contribution in [0.2, 0.25) is 0 Å². The van der Waals surface area contributed by atoms with Crippen LogP contribution >= 0.6 is 0 Å². The molecule has 0 amide bonds. The standard InChI is InChI=1S/C19H29NO/c1-4-20-18(17-5-12(2)21-13(17)3)19-9-14-6-15(10-19)8-16(7-14)11-19/h5,14-16,18,20H,4,6-11H2,1-3H3. The number of hydrogen-bond acceptors (Lipinski definition) is 2. The SMILES string of the molecule is CCNC(c1cc(C)oc1C)C12CC3CC(CC(C3)C1)C2. The number of hydrogen-bond donors (Lipinski definition) is 1. The van der Waals surface area contributed by atoms with Crippen LogP contribution in [0.1, 0.15) is 68.6 Å². The highest BCUT2D eigenvalue weighted by Crippen LogP contribution is 2.64. The fourth-order valence-electron chi connectivity index (χ4n) is 6.33. The highest BCUT2D eigenvalue weighted by Gasteiger charge is 2.54. The van der Waals surface area contributed by atoms with E-state index in [1.165, 1.54) is 44.1 Å². The molecule has 0 aromatic carbocycles. The summed E-state index contributed by atoms with van der Waals surface area (Å²) in [7, 11) is 0. The number of nitrogens with one attached hydrogen (secondary N) is 1. The van der Waals surface area contributed by atoms with Gasteiger partial charge in [-0.1, -0.05) is 6.92 Å². The smallest absolute Gasteiger partial charge is 0.105 e. The van der Waals surface area contributed by atoms with Gasteiger partial charge in [-0.3, -0.25) is 0 Å². The van der Waals surface area contributed by atoms with E-state index in [-0.39, 0.29) is 0 Å². The van der Waals surface area contributed by atoms with Crippen LogP contribution in [0.15, 0.2) is 10.5 Å². The number of rotatable bonds is 4. The minimum atomic E-state index is 0.506. The van der Waals surface area contributed by atoms with Crippen molar-refractivity contribution in [2.75, 3.05) is 6.54 Å². The zero-order valence-corrected chi connectivity index (χ0v) is 13.7. The van der Waals surface area contributed by atoms with Crippen molar-refractivity contribution in [1.82, 2.24) is 5.32 Å². The molecule has 4 fully saturated rings. The lowest BCUT2D eigenvalue weighted by molar-refractivity contribution is -0.0748. The summed E-state index contributed by atoms with van der Waals surface area (Å²) < 4.78 is 5.87. The molecule has 0 spiro atoms. The normalized spacial score (nSPS) is 38.9. The van der Waals surface area contributed by atoms with Crippen molar-refractivity contribution in [2.24, 2.45) is 23.2 Å². The molecule has 1 N–H and O–H groups in total. The number of aryl methyl sites for hydroxylation is 2. The second kappa shape index (κ2) is 4.87. The summed E-state index contributed by atoms with van der Waals surface area (Å²) in [5.74, 6) is 5.21. The van der Waals surface area contributed by atoms with Crippen LogP contribution < -0.4 is 5.32 Å². The maximum atomic E-state index is 5.87. The van der Waals surface area contributed by atoms with Crippen molar-refractivity contribution in [3.8, 4) is 0 Å². The third-order valence-electron chi connectivity index (χ3n) is 6.50. The highest BCUT2D eigenvalue weighted by molar-refractivity contribution is 5.28. The molecule has 1 heterocycles. The van der Waals surface area contributed by atoms with Gasteiger partial charge in [-0.15, -0.1) is 0 Å². The van der Waals surface area contributed by atoms with Gasteiger partial charge in [0.1, 0.15) is 11.5 Å². The van der Waals surface area contributed by atoms with E-state index >= 15 is 0 Å². The van der Waals surface area contributed by atoms with Crippen molar-refractivity contribution >= 4 is 0 Å². The van der Waals surface area contributed by atoms with Crippen molar-refractivity contribution in [2.45, 2.75) is 65.3 Å². The Bertz CT molecular complexity index is 494. The minimum absolute atomic E-state index is 0.506. The maximum Gasteiger partial charge on any atom is 0.105 e. The molecular weight excluding hydrogens is 258 g/mol. The van der Waals surface area contributed by atoms with E-state index < -0.39 is 0 Å². The molecule has 1 unspecified atom stereocenters. The summed E-state index contributed by atoms with van der Waals surface area (Å²) in [5, 5.41) is 3.85. The van der Waals surface area contributed by atoms with Crippen molar-refractivity contribution in [3.63, 3.8) is 0 Å². The summed E-state index contributed by atoms with van der Waals surface area (Å²) in [6.07, 6.45) is 8.88. The summed E-state index contributed by atoms with van der Waals surface area (Å²) in [4.78, 5) is 0. The van der Waals surface area contributed by atoms with E-state index in [2.05, 4.69) is 32.2 Å². The summed E-state index contributed by atoms with van der Waals surface area (Å²) in [6.45, 7) is 7.53. The molecule has 4 aliphatic rings. The van der Waals surface area contributed by atoms with Gasteiger partial charge in [0.15, 0.2) is 0 Å². The van der Waals surface area contributed by atoms with Gasteiger partial charge in [-0.2, -0.15) is 0 Å². The Balaban J connectivity index is 1.72. The predicted octanol–water partition coefficient (Wildman–Crippen LogP) is 4.76. The van der Waals surface area contributed by atoms with Crippen LogP contribution in [0, 0.1) is 37.0 Å². The van der Waals surface area contributed by atoms with Crippen LogP contribution in [0.4, 0.5) is 0 Å². The Morgan fingerprint density at radius 2 is 1.71 bits per heavy atom. The van der Waals surface area contributed by atoms with Gasteiger partial charge in [0.25, 0.3) is 0 Å². The molecule has 4 aliphatic carbocycles. The fourth-order valence-corrected chi connectivity index (χ4v) is 6.33. The second-order valence-electron chi connectivity index (χ2n) is 8.14. The van der Waals surface area contributed by atoms with E-state index in [0.717, 1.165) is 35.8 Å². The van der Waals surface area contributed by atoms with E-state index in [4.69, 9.17) is 4.42 Å². The number of furan rings is 1. The first-order chi connectivity index (χ1) is 10.1. The molecule has 0 aliphatic heterocycles. The average Bonchev–Trinajstić information content (AvgIpc) is 2.73. The summed E-state index contributed by atoms with van der Waals surface area (Å²) >= 11 is 0. The lowest BCUT2D eigenvalue weighted by Gasteiger charge is -2.59. The molecule has 116 valence electrons. The van der Waals surface area contributed by atoms with E-state index in [1.807, 2.05) is 0 Å². The molecule has 21 heavy (non-hydrogen) atoms. The van der Waals surface area contributed by atoms with Gasteiger partial charge in [0, 0.05) is 11.6 Å². The lowest BCUT2D eigenvalue weighted by Crippen LogP contribution is -2.52. The maximum absolute atomic E-state index is 5.87. The van der Waals surface area contributed by atoms with Gasteiger partial charge in [-0.05, 0) is 88.2 Å². The molecule has 1 aromatic heterocycles. The van der Waals surface area contributed by atoms with E-state index in [0.29, 0.717) is 11.5 Å². The molecule has 0 saturated heterocycles. The van der Waals surface area contributed by atoms with Crippen LogP contribution in [0.3, 0.4) is 0 Å². The van der Waals surface area contributed by atoms with Crippen molar-refractivity contribution in [3.05, 3.63) is 23.2 Å². The Morgan fingerprint density at radius 3 is 2.14 bits per heavy atom. The van der Waals surface area contributed by atoms with Gasteiger partial charge in [-0.25, -0.2) is 0 Å². The van der Waals surface area contributed by atoms with E-state index in [1.54, 1.807) is 0 Å². The Labute approximate surface area is 128 Å². The van der Waals surface area contributed by atoms with Gasteiger partial charge >= 0.3 is 0 Å². The van der Waals surface area contributed by atoms with Crippen molar-refractivity contribution < 1.29 is 4.42 Å². The molecule has 1 atom stereocenters. The van der Waals surface area contributed by atoms with Gasteiger partial charge in [0.2, 0.25) is 0 Å². The van der Waals surface area contributed by atoms with E-state index in [9.17, 15) is 0 Å². The summed E-state index contributed by atoms with van der Waals surface area (Å²) in [5.41, 5.74) is 1.95. The molecule has 2 nitrogen and oxygen atoms in total. The fraction of sp³-hybridized carbons (Fsp3) is 0.789. The van der Waals surface area contributed by atoms with Crippen LogP contribution in [-0.4, -0.2) is 6.54 Å². The molecule has 0 radical (unpaired) electrons. The third kappa shape index (κ3) is 2.18. The monoisotopic (exact) mass is 287 g/mol. The summed E-state index contributed by atoms with van der Waals surface area (Å²) in [6, 6.07) is 2.80. The largest absolute Gasteiger partial charge is 0.466 e. The van der Waals surface area contributed by atoms with Crippen LogP contribution in [-0.2, 0) is 0 Å². The molecule has 4 saturated carbocycles. The van der Waals surface area contributed by atoms with Crippen LogP contribution in [0.25, 0.3) is 0 Å². The second-order valence-corrected chi connectivity index (χ2v) is 8.14. The minimum Gasteiger partial charge on any atom is -0.466 e. The molecule has 4 bridgehead atoms. The molecule has 1 aromatic rings.